The Labute approximate surface area is 222 Å². The van der Waals surface area contributed by atoms with E-state index in [9.17, 15) is 27.2 Å². The van der Waals surface area contributed by atoms with E-state index in [1.807, 2.05) is 12.1 Å². The highest BCUT2D eigenvalue weighted by atomic mass is 19.4. The minimum Gasteiger partial charge on any atom is -0.338 e. The normalized spacial score (nSPS) is 13.1. The van der Waals surface area contributed by atoms with Crippen LogP contribution < -0.4 is 5.32 Å². The molecule has 0 unspecified atom stereocenters. The lowest BCUT2D eigenvalue weighted by atomic mass is 9.97. The first-order chi connectivity index (χ1) is 18.7. The third kappa shape index (κ3) is 6.00. The van der Waals surface area contributed by atoms with Crippen molar-refractivity contribution in [3.8, 4) is 11.1 Å². The van der Waals surface area contributed by atoms with Gasteiger partial charge in [-0.3, -0.25) is 9.59 Å². The Morgan fingerprint density at radius 1 is 0.846 bits per heavy atom. The lowest BCUT2D eigenvalue weighted by Crippen LogP contribution is -2.37. The van der Waals surface area contributed by atoms with Gasteiger partial charge in [-0.25, -0.2) is 4.39 Å². The maximum atomic E-state index is 13.2. The lowest BCUT2D eigenvalue weighted by molar-refractivity contribution is -0.137. The molecule has 198 valence electrons. The van der Waals surface area contributed by atoms with Crippen LogP contribution >= 0.6 is 0 Å². The fourth-order valence-electron chi connectivity index (χ4n) is 4.70. The second-order valence-corrected chi connectivity index (χ2v) is 9.43. The van der Waals surface area contributed by atoms with E-state index in [1.54, 1.807) is 47.4 Å². The zero-order chi connectivity index (χ0) is 27.6. The number of fused-ring (bicyclic) bond motifs is 1. The van der Waals surface area contributed by atoms with Crippen molar-refractivity contribution < 1.29 is 27.2 Å². The molecule has 5 rings (SSSR count). The molecule has 0 fully saturated rings. The van der Waals surface area contributed by atoms with Crippen LogP contribution in [0, 0.1) is 5.82 Å². The molecular formula is C31H24F4N2O2. The number of alkyl halides is 3. The van der Waals surface area contributed by atoms with Crippen LogP contribution in [-0.2, 0) is 30.4 Å². The van der Waals surface area contributed by atoms with Gasteiger partial charge in [-0.2, -0.15) is 13.2 Å². The van der Waals surface area contributed by atoms with Crippen LogP contribution in [0.3, 0.4) is 0 Å². The van der Waals surface area contributed by atoms with Gasteiger partial charge < -0.3 is 10.2 Å². The Bertz CT molecular complexity index is 1510. The number of nitrogens with zero attached hydrogens (tertiary/aromatic N) is 1. The van der Waals surface area contributed by atoms with E-state index in [0.29, 0.717) is 41.9 Å². The van der Waals surface area contributed by atoms with Gasteiger partial charge in [0.1, 0.15) is 5.82 Å². The summed E-state index contributed by atoms with van der Waals surface area (Å²) in [5, 5.41) is 2.90. The smallest absolute Gasteiger partial charge is 0.338 e. The third-order valence-electron chi connectivity index (χ3n) is 6.79. The van der Waals surface area contributed by atoms with E-state index in [4.69, 9.17) is 0 Å². The van der Waals surface area contributed by atoms with Crippen LogP contribution in [0.1, 0.15) is 32.6 Å². The number of halogens is 4. The number of carbonyl (C=O) groups is 2. The second kappa shape index (κ2) is 10.7. The summed E-state index contributed by atoms with van der Waals surface area (Å²) in [4.78, 5) is 27.7. The fraction of sp³-hybridized carbons (Fsp3) is 0.161. The molecule has 0 radical (unpaired) electrons. The lowest BCUT2D eigenvalue weighted by Gasteiger charge is -2.29. The van der Waals surface area contributed by atoms with Crippen molar-refractivity contribution in [1.82, 2.24) is 4.90 Å². The van der Waals surface area contributed by atoms with E-state index < -0.39 is 11.7 Å². The van der Waals surface area contributed by atoms with Crippen molar-refractivity contribution in [2.24, 2.45) is 0 Å². The summed E-state index contributed by atoms with van der Waals surface area (Å²) in [7, 11) is 0. The fourth-order valence-corrected chi connectivity index (χ4v) is 4.70. The average molecular weight is 533 g/mol. The van der Waals surface area contributed by atoms with Gasteiger partial charge in [0.2, 0.25) is 5.91 Å². The van der Waals surface area contributed by atoms with Gasteiger partial charge in [0, 0.05) is 24.3 Å². The molecule has 39 heavy (non-hydrogen) atoms. The Morgan fingerprint density at radius 2 is 1.56 bits per heavy atom. The Hall–Kier alpha value is -4.46. The number of amides is 2. The summed E-state index contributed by atoms with van der Waals surface area (Å²) >= 11 is 0. The highest BCUT2D eigenvalue weighted by Crippen LogP contribution is 2.32. The van der Waals surface area contributed by atoms with Crippen LogP contribution in [0.4, 0.5) is 23.2 Å². The van der Waals surface area contributed by atoms with Crippen LogP contribution in [0.25, 0.3) is 11.1 Å². The summed E-state index contributed by atoms with van der Waals surface area (Å²) < 4.78 is 52.0. The summed E-state index contributed by atoms with van der Waals surface area (Å²) in [5.41, 5.74) is 3.97. The van der Waals surface area contributed by atoms with Gasteiger partial charge in [-0.05, 0) is 76.7 Å². The SMILES string of the molecule is O=C(Nc1ccc2c(c1)CCN(C(=O)Cc1ccc(F)cc1)C2)c1ccccc1-c1ccc(C(F)(F)F)cc1. The molecule has 4 aromatic carbocycles. The molecule has 0 aliphatic carbocycles. The molecule has 0 saturated heterocycles. The summed E-state index contributed by atoms with van der Waals surface area (Å²) in [6, 6.07) is 22.9. The van der Waals surface area contributed by atoms with Gasteiger partial charge in [0.15, 0.2) is 0 Å². The second-order valence-electron chi connectivity index (χ2n) is 9.43. The molecule has 0 spiro atoms. The molecular weight excluding hydrogens is 508 g/mol. The van der Waals surface area contributed by atoms with Gasteiger partial charge in [0.25, 0.3) is 5.91 Å². The maximum Gasteiger partial charge on any atom is 0.416 e. The Morgan fingerprint density at radius 3 is 2.28 bits per heavy atom. The number of hydrogen-bond acceptors (Lipinski definition) is 2. The number of rotatable bonds is 5. The zero-order valence-corrected chi connectivity index (χ0v) is 20.8. The van der Waals surface area contributed by atoms with Crippen LogP contribution in [0.5, 0.6) is 0 Å². The molecule has 0 aromatic heterocycles. The van der Waals surface area contributed by atoms with Gasteiger partial charge in [0.05, 0.1) is 12.0 Å². The van der Waals surface area contributed by atoms with Gasteiger partial charge in [-0.15, -0.1) is 0 Å². The predicted octanol–water partition coefficient (Wildman–Crippen LogP) is 6.89. The van der Waals surface area contributed by atoms with Crippen LogP contribution in [-0.4, -0.2) is 23.3 Å². The van der Waals surface area contributed by atoms with E-state index >= 15 is 0 Å². The molecule has 4 aromatic rings. The zero-order valence-electron chi connectivity index (χ0n) is 20.8. The first kappa shape index (κ1) is 26.2. The van der Waals surface area contributed by atoms with E-state index in [0.717, 1.165) is 28.8 Å². The van der Waals surface area contributed by atoms with E-state index in [-0.39, 0.29) is 24.1 Å². The van der Waals surface area contributed by atoms with Crippen molar-refractivity contribution in [1.29, 1.82) is 0 Å². The summed E-state index contributed by atoms with van der Waals surface area (Å²) in [6.07, 6.45) is -3.62. The largest absolute Gasteiger partial charge is 0.416 e. The van der Waals surface area contributed by atoms with Crippen molar-refractivity contribution in [2.75, 3.05) is 11.9 Å². The van der Waals surface area contributed by atoms with E-state index in [2.05, 4.69) is 5.32 Å². The Kier molecular flexibility index (Phi) is 7.19. The minimum absolute atomic E-state index is 0.0375. The summed E-state index contributed by atoms with van der Waals surface area (Å²) in [5.74, 6) is -0.758. The first-order valence-electron chi connectivity index (χ1n) is 12.4. The molecule has 2 amide bonds. The topological polar surface area (TPSA) is 49.4 Å². The third-order valence-corrected chi connectivity index (χ3v) is 6.79. The monoisotopic (exact) mass is 532 g/mol. The molecule has 0 atom stereocenters. The predicted molar refractivity (Wildman–Crippen MR) is 141 cm³/mol. The first-order valence-corrected chi connectivity index (χ1v) is 12.4. The molecule has 1 aliphatic rings. The van der Waals surface area contributed by atoms with Crippen LogP contribution in [0.15, 0.2) is 91.0 Å². The Balaban J connectivity index is 1.27. The molecule has 0 bridgehead atoms. The van der Waals surface area contributed by atoms with Crippen LogP contribution in [0.2, 0.25) is 0 Å². The number of nitrogens with one attached hydrogen (secondary N) is 1. The summed E-state index contributed by atoms with van der Waals surface area (Å²) in [6.45, 7) is 0.974. The van der Waals surface area contributed by atoms with Gasteiger partial charge >= 0.3 is 6.18 Å². The highest BCUT2D eigenvalue weighted by molar-refractivity contribution is 6.08. The quantitative estimate of drug-likeness (QED) is 0.285. The molecule has 4 nitrogen and oxygen atoms in total. The molecule has 1 heterocycles. The standard InChI is InChI=1S/C31H24F4N2O2/c32-25-12-5-20(6-13-25)17-29(38)37-16-15-22-18-26(14-9-23(22)19-37)36-30(39)28-4-2-1-3-27(28)21-7-10-24(11-8-21)31(33,34)35/h1-14,18H,15-17,19H2,(H,36,39). The minimum atomic E-state index is -4.44. The number of hydrogen-bond donors (Lipinski definition) is 1. The van der Waals surface area contributed by atoms with Crippen molar-refractivity contribution in [3.63, 3.8) is 0 Å². The highest BCUT2D eigenvalue weighted by Gasteiger charge is 2.30. The van der Waals surface area contributed by atoms with Crippen molar-refractivity contribution >= 4 is 17.5 Å². The number of benzene rings is 4. The van der Waals surface area contributed by atoms with Crippen molar-refractivity contribution in [3.05, 3.63) is 125 Å². The van der Waals surface area contributed by atoms with E-state index in [1.165, 1.54) is 24.3 Å². The number of anilines is 1. The maximum absolute atomic E-state index is 13.2. The molecule has 0 saturated carbocycles. The average Bonchev–Trinajstić information content (AvgIpc) is 2.93. The van der Waals surface area contributed by atoms with Gasteiger partial charge in [-0.1, -0.05) is 48.5 Å². The number of carbonyl (C=O) groups excluding carboxylic acids is 2. The molecule has 1 aliphatic heterocycles. The molecule has 1 N–H and O–H groups in total. The molecule has 8 heteroatoms. The van der Waals surface area contributed by atoms with Crippen molar-refractivity contribution in [2.45, 2.75) is 25.6 Å².